The zero-order chi connectivity index (χ0) is 9.35. The van der Waals surface area contributed by atoms with Crippen molar-refractivity contribution in [2.75, 3.05) is 13.6 Å². The highest BCUT2D eigenvalue weighted by atomic mass is 16.1. The molecule has 1 fully saturated rings. The Labute approximate surface area is 74.9 Å². The third kappa shape index (κ3) is 1.86. The SMILES string of the molecule is CN1CCC[C@@H]1C(=O)C(C)(C)C. The number of carbonyl (C=O) groups excluding carboxylic acids is 1. The predicted molar refractivity (Wildman–Crippen MR) is 50.1 cm³/mol. The number of rotatable bonds is 1. The summed E-state index contributed by atoms with van der Waals surface area (Å²) in [4.78, 5) is 14.0. The van der Waals surface area contributed by atoms with Crippen molar-refractivity contribution in [2.24, 2.45) is 5.41 Å². The molecule has 12 heavy (non-hydrogen) atoms. The molecule has 0 aromatic rings. The zero-order valence-corrected chi connectivity index (χ0v) is 8.55. The van der Waals surface area contributed by atoms with Gasteiger partial charge in [0.1, 0.15) is 0 Å². The summed E-state index contributed by atoms with van der Waals surface area (Å²) >= 11 is 0. The first-order valence-corrected chi connectivity index (χ1v) is 4.67. The van der Waals surface area contributed by atoms with E-state index in [1.54, 1.807) is 0 Å². The highest BCUT2D eigenvalue weighted by molar-refractivity contribution is 5.88. The molecule has 0 N–H and O–H groups in total. The summed E-state index contributed by atoms with van der Waals surface area (Å²) in [7, 11) is 2.04. The number of likely N-dealkylation sites (N-methyl/N-ethyl adjacent to an activating group) is 1. The van der Waals surface area contributed by atoms with Crippen LogP contribution >= 0.6 is 0 Å². The monoisotopic (exact) mass is 169 g/mol. The first kappa shape index (κ1) is 9.72. The highest BCUT2D eigenvalue weighted by Gasteiger charge is 2.34. The molecule has 0 aromatic carbocycles. The minimum atomic E-state index is -0.177. The topological polar surface area (TPSA) is 20.3 Å². The van der Waals surface area contributed by atoms with Crippen molar-refractivity contribution in [1.82, 2.24) is 4.90 Å². The summed E-state index contributed by atoms with van der Waals surface area (Å²) in [5, 5.41) is 0. The van der Waals surface area contributed by atoms with Gasteiger partial charge < -0.3 is 0 Å². The highest BCUT2D eigenvalue weighted by Crippen LogP contribution is 2.25. The quantitative estimate of drug-likeness (QED) is 0.595. The van der Waals surface area contributed by atoms with Gasteiger partial charge >= 0.3 is 0 Å². The van der Waals surface area contributed by atoms with Crippen LogP contribution in [0.3, 0.4) is 0 Å². The molecule has 0 bridgehead atoms. The molecule has 0 aliphatic carbocycles. The predicted octanol–water partition coefficient (Wildman–Crippen LogP) is 1.70. The Balaban J connectivity index is 2.64. The first-order chi connectivity index (χ1) is 5.43. The Morgan fingerprint density at radius 3 is 2.33 bits per heavy atom. The molecule has 1 saturated heterocycles. The maximum atomic E-state index is 11.8. The smallest absolute Gasteiger partial charge is 0.155 e. The molecule has 0 amide bonds. The molecule has 1 rings (SSSR count). The fourth-order valence-electron chi connectivity index (χ4n) is 1.74. The Kier molecular flexibility index (Phi) is 2.57. The van der Waals surface area contributed by atoms with Gasteiger partial charge in [-0.2, -0.15) is 0 Å². The van der Waals surface area contributed by atoms with Gasteiger partial charge in [0.25, 0.3) is 0 Å². The van der Waals surface area contributed by atoms with Crippen molar-refractivity contribution in [2.45, 2.75) is 39.7 Å². The second kappa shape index (κ2) is 3.17. The van der Waals surface area contributed by atoms with E-state index in [1.807, 2.05) is 27.8 Å². The molecule has 1 atom stereocenters. The normalized spacial score (nSPS) is 26.2. The molecule has 1 aliphatic heterocycles. The zero-order valence-electron chi connectivity index (χ0n) is 8.55. The molecule has 0 radical (unpaired) electrons. The van der Waals surface area contributed by atoms with Gasteiger partial charge in [0.05, 0.1) is 6.04 Å². The standard InChI is InChI=1S/C10H19NO/c1-10(2,3)9(12)8-6-5-7-11(8)4/h8H,5-7H2,1-4H3/t8-/m1/s1. The summed E-state index contributed by atoms with van der Waals surface area (Å²) < 4.78 is 0. The number of carbonyl (C=O) groups is 1. The van der Waals surface area contributed by atoms with Gasteiger partial charge in [-0.05, 0) is 26.4 Å². The van der Waals surface area contributed by atoms with E-state index in [4.69, 9.17) is 0 Å². The van der Waals surface area contributed by atoms with Gasteiger partial charge in [-0.3, -0.25) is 9.69 Å². The van der Waals surface area contributed by atoms with E-state index in [9.17, 15) is 4.79 Å². The maximum Gasteiger partial charge on any atom is 0.155 e. The third-order valence-electron chi connectivity index (χ3n) is 2.56. The fraction of sp³-hybridized carbons (Fsp3) is 0.900. The van der Waals surface area contributed by atoms with Gasteiger partial charge in [0.2, 0.25) is 0 Å². The van der Waals surface area contributed by atoms with Crippen molar-refractivity contribution < 1.29 is 4.79 Å². The van der Waals surface area contributed by atoms with Crippen LogP contribution in [0, 0.1) is 5.41 Å². The average molecular weight is 169 g/mol. The summed E-state index contributed by atoms with van der Waals surface area (Å²) in [6, 6.07) is 0.185. The van der Waals surface area contributed by atoms with Crippen LogP contribution in [-0.4, -0.2) is 30.3 Å². The molecule has 2 heteroatoms. The molecule has 0 aromatic heterocycles. The molecule has 0 unspecified atom stereocenters. The van der Waals surface area contributed by atoms with Gasteiger partial charge in [-0.15, -0.1) is 0 Å². The van der Waals surface area contributed by atoms with E-state index in [2.05, 4.69) is 4.90 Å². The van der Waals surface area contributed by atoms with Crippen molar-refractivity contribution in [1.29, 1.82) is 0 Å². The summed E-state index contributed by atoms with van der Waals surface area (Å²) in [6.45, 7) is 7.08. The second-order valence-electron chi connectivity index (χ2n) is 4.75. The lowest BCUT2D eigenvalue weighted by Crippen LogP contribution is -2.39. The van der Waals surface area contributed by atoms with Crippen LogP contribution in [0.15, 0.2) is 0 Å². The molecule has 70 valence electrons. The van der Waals surface area contributed by atoms with Crippen LogP contribution in [0.2, 0.25) is 0 Å². The second-order valence-corrected chi connectivity index (χ2v) is 4.75. The van der Waals surface area contributed by atoms with Gasteiger partial charge in [-0.25, -0.2) is 0 Å². The van der Waals surface area contributed by atoms with E-state index in [0.717, 1.165) is 13.0 Å². The number of hydrogen-bond acceptors (Lipinski definition) is 2. The Morgan fingerprint density at radius 1 is 1.42 bits per heavy atom. The van der Waals surface area contributed by atoms with E-state index in [0.29, 0.717) is 5.78 Å². The van der Waals surface area contributed by atoms with Crippen molar-refractivity contribution in [3.8, 4) is 0 Å². The first-order valence-electron chi connectivity index (χ1n) is 4.67. The number of likely N-dealkylation sites (tertiary alicyclic amines) is 1. The number of hydrogen-bond donors (Lipinski definition) is 0. The molecule has 0 spiro atoms. The van der Waals surface area contributed by atoms with Crippen LogP contribution < -0.4 is 0 Å². The molecule has 2 nitrogen and oxygen atoms in total. The number of Topliss-reactive ketones (excluding diaryl/α,β-unsaturated/α-hetero) is 1. The van der Waals surface area contributed by atoms with Crippen LogP contribution in [-0.2, 0) is 4.79 Å². The maximum absolute atomic E-state index is 11.8. The molecule has 1 heterocycles. The van der Waals surface area contributed by atoms with Crippen molar-refractivity contribution >= 4 is 5.78 Å². The van der Waals surface area contributed by atoms with Crippen LogP contribution in [0.25, 0.3) is 0 Å². The Hall–Kier alpha value is -0.370. The Morgan fingerprint density at radius 2 is 2.00 bits per heavy atom. The lowest BCUT2D eigenvalue weighted by Gasteiger charge is -2.25. The van der Waals surface area contributed by atoms with Gasteiger partial charge in [0.15, 0.2) is 5.78 Å². The van der Waals surface area contributed by atoms with E-state index in [1.165, 1.54) is 6.42 Å². The minimum Gasteiger partial charge on any atom is -0.297 e. The summed E-state index contributed by atoms with van der Waals surface area (Å²) in [5.74, 6) is 0.391. The van der Waals surface area contributed by atoms with Gasteiger partial charge in [-0.1, -0.05) is 20.8 Å². The largest absolute Gasteiger partial charge is 0.297 e. The van der Waals surface area contributed by atoms with Gasteiger partial charge in [0, 0.05) is 5.41 Å². The number of nitrogens with zero attached hydrogens (tertiary/aromatic N) is 1. The van der Waals surface area contributed by atoms with Crippen LogP contribution in [0.4, 0.5) is 0 Å². The summed E-state index contributed by atoms with van der Waals surface area (Å²) in [6.07, 6.45) is 2.22. The van der Waals surface area contributed by atoms with E-state index in [-0.39, 0.29) is 11.5 Å². The minimum absolute atomic E-state index is 0.177. The third-order valence-corrected chi connectivity index (χ3v) is 2.56. The Bertz CT molecular complexity index is 181. The van der Waals surface area contributed by atoms with E-state index < -0.39 is 0 Å². The van der Waals surface area contributed by atoms with Crippen molar-refractivity contribution in [3.05, 3.63) is 0 Å². The molecule has 1 aliphatic rings. The fourth-order valence-corrected chi connectivity index (χ4v) is 1.74. The van der Waals surface area contributed by atoms with Crippen LogP contribution in [0.1, 0.15) is 33.6 Å². The van der Waals surface area contributed by atoms with Crippen LogP contribution in [0.5, 0.6) is 0 Å². The lowest BCUT2D eigenvalue weighted by molar-refractivity contribution is -0.130. The molecular formula is C10H19NO. The van der Waals surface area contributed by atoms with E-state index >= 15 is 0 Å². The lowest BCUT2D eigenvalue weighted by atomic mass is 9.86. The summed E-state index contributed by atoms with van der Waals surface area (Å²) in [5.41, 5.74) is -0.177. The average Bonchev–Trinajstić information content (AvgIpc) is 2.31. The molecular weight excluding hydrogens is 150 g/mol. The molecule has 0 saturated carbocycles. The number of ketones is 1. The van der Waals surface area contributed by atoms with Crippen molar-refractivity contribution in [3.63, 3.8) is 0 Å².